The zero-order valence-electron chi connectivity index (χ0n) is 14.2. The summed E-state index contributed by atoms with van der Waals surface area (Å²) in [5, 5.41) is 18.9. The molecule has 2 heterocycles. The van der Waals surface area contributed by atoms with E-state index in [1.165, 1.54) is 7.11 Å². The average Bonchev–Trinajstić information content (AvgIpc) is 3.11. The molecule has 0 spiro atoms. The molecule has 9 nitrogen and oxygen atoms in total. The summed E-state index contributed by atoms with van der Waals surface area (Å²) >= 11 is 0. The molecule has 1 aromatic carbocycles. The van der Waals surface area contributed by atoms with Gasteiger partial charge in [0.25, 0.3) is 5.91 Å². The van der Waals surface area contributed by atoms with Crippen LogP contribution in [0.5, 0.6) is 17.2 Å². The van der Waals surface area contributed by atoms with Crippen LogP contribution in [0.3, 0.4) is 0 Å². The Labute approximate surface area is 144 Å². The lowest BCUT2D eigenvalue weighted by Crippen LogP contribution is -2.28. The Morgan fingerprint density at radius 1 is 1.36 bits per heavy atom. The molecule has 2 atom stereocenters. The van der Waals surface area contributed by atoms with Crippen molar-refractivity contribution in [1.29, 1.82) is 0 Å². The van der Waals surface area contributed by atoms with Gasteiger partial charge in [0.1, 0.15) is 25.1 Å². The minimum absolute atomic E-state index is 0.275. The summed E-state index contributed by atoms with van der Waals surface area (Å²) in [4.78, 5) is 16.7. The van der Waals surface area contributed by atoms with Crippen LogP contribution in [0.15, 0.2) is 12.1 Å². The number of aliphatic hydroxyl groups excluding tert-OH is 1. The molecule has 3 N–H and O–H groups in total. The van der Waals surface area contributed by atoms with Crippen LogP contribution < -0.4 is 19.5 Å². The minimum Gasteiger partial charge on any atom is -0.493 e. The number of nitrogens with one attached hydrogen (secondary N) is 2. The second-order valence-electron chi connectivity index (χ2n) is 5.65. The molecule has 0 radical (unpaired) electrons. The van der Waals surface area contributed by atoms with Crippen molar-refractivity contribution in [3.63, 3.8) is 0 Å². The largest absolute Gasteiger partial charge is 0.493 e. The highest BCUT2D eigenvalue weighted by molar-refractivity contribution is 5.95. The molecule has 3 rings (SSSR count). The number of amides is 1. The molecule has 1 aromatic heterocycles. The van der Waals surface area contributed by atoms with E-state index in [2.05, 4.69) is 20.5 Å². The maximum Gasteiger partial charge on any atom is 0.252 e. The molecule has 1 aliphatic heterocycles. The lowest BCUT2D eigenvalue weighted by molar-refractivity contribution is 0.0936. The van der Waals surface area contributed by atoms with Crippen molar-refractivity contribution >= 4 is 5.91 Å². The first-order chi connectivity index (χ1) is 12.0. The van der Waals surface area contributed by atoms with Gasteiger partial charge in [-0.1, -0.05) is 0 Å². The maximum absolute atomic E-state index is 12.5. The summed E-state index contributed by atoms with van der Waals surface area (Å²) in [6.45, 7) is 4.18. The van der Waals surface area contributed by atoms with Gasteiger partial charge in [0, 0.05) is 5.56 Å². The number of carbonyl (C=O) groups is 1. The van der Waals surface area contributed by atoms with Crippen LogP contribution >= 0.6 is 0 Å². The molecule has 1 aliphatic rings. The van der Waals surface area contributed by atoms with E-state index in [-0.39, 0.29) is 11.7 Å². The number of fused-ring (bicyclic) bond motifs is 1. The Morgan fingerprint density at radius 2 is 2.12 bits per heavy atom. The van der Waals surface area contributed by atoms with Gasteiger partial charge in [-0.25, -0.2) is 4.98 Å². The first kappa shape index (κ1) is 17.0. The SMILES string of the molecule is COc1cc(C(=O)NC(C)c2nc(C(C)O)n[nH]2)cc2c1OCCO2. The summed E-state index contributed by atoms with van der Waals surface area (Å²) in [5.41, 5.74) is 0.378. The summed E-state index contributed by atoms with van der Waals surface area (Å²) in [5.74, 6) is 1.81. The third-order valence-electron chi connectivity index (χ3n) is 3.74. The Hall–Kier alpha value is -2.81. The van der Waals surface area contributed by atoms with Gasteiger partial charge in [-0.05, 0) is 26.0 Å². The Kier molecular flexibility index (Phi) is 4.75. The second-order valence-corrected chi connectivity index (χ2v) is 5.65. The molecule has 1 amide bonds. The second kappa shape index (κ2) is 6.98. The number of aliphatic hydroxyl groups is 1. The molecule has 9 heteroatoms. The third-order valence-corrected chi connectivity index (χ3v) is 3.74. The van der Waals surface area contributed by atoms with Crippen molar-refractivity contribution in [3.05, 3.63) is 29.3 Å². The minimum atomic E-state index is -0.782. The molecule has 0 fully saturated rings. The van der Waals surface area contributed by atoms with Crippen molar-refractivity contribution < 1.29 is 24.1 Å². The number of hydrogen-bond acceptors (Lipinski definition) is 7. The quantitative estimate of drug-likeness (QED) is 0.741. The van der Waals surface area contributed by atoms with Gasteiger partial charge in [0.2, 0.25) is 5.75 Å². The molecular formula is C16H20N4O5. The lowest BCUT2D eigenvalue weighted by Gasteiger charge is -2.21. The summed E-state index contributed by atoms with van der Waals surface area (Å²) in [6, 6.07) is 2.78. The van der Waals surface area contributed by atoms with E-state index < -0.39 is 12.1 Å². The van der Waals surface area contributed by atoms with Gasteiger partial charge in [-0.3, -0.25) is 9.89 Å². The lowest BCUT2D eigenvalue weighted by atomic mass is 10.1. The fourth-order valence-corrected chi connectivity index (χ4v) is 2.42. The Bertz CT molecular complexity index is 757. The third kappa shape index (κ3) is 3.50. The van der Waals surface area contributed by atoms with Gasteiger partial charge in [-0.2, -0.15) is 5.10 Å². The highest BCUT2D eigenvalue weighted by Gasteiger charge is 2.22. The summed E-state index contributed by atoms with van der Waals surface area (Å²) in [7, 11) is 1.50. The van der Waals surface area contributed by atoms with Gasteiger partial charge in [-0.15, -0.1) is 0 Å². The van der Waals surface area contributed by atoms with Gasteiger partial charge in [0.05, 0.1) is 13.2 Å². The number of carbonyl (C=O) groups excluding carboxylic acids is 1. The van der Waals surface area contributed by atoms with E-state index in [1.807, 2.05) is 0 Å². The van der Waals surface area contributed by atoms with Crippen LogP contribution in [0.1, 0.15) is 48.0 Å². The molecule has 0 saturated heterocycles. The number of nitrogens with zero attached hydrogens (tertiary/aromatic N) is 2. The van der Waals surface area contributed by atoms with E-state index in [1.54, 1.807) is 26.0 Å². The van der Waals surface area contributed by atoms with Crippen molar-refractivity contribution in [2.24, 2.45) is 0 Å². The smallest absolute Gasteiger partial charge is 0.252 e. The first-order valence-corrected chi connectivity index (χ1v) is 7.88. The zero-order chi connectivity index (χ0) is 18.0. The van der Waals surface area contributed by atoms with Crippen LogP contribution in [-0.2, 0) is 0 Å². The van der Waals surface area contributed by atoms with Crippen molar-refractivity contribution in [3.8, 4) is 17.2 Å². The molecular weight excluding hydrogens is 328 g/mol. The van der Waals surface area contributed by atoms with Crippen LogP contribution in [0.4, 0.5) is 0 Å². The van der Waals surface area contributed by atoms with E-state index in [0.29, 0.717) is 41.9 Å². The summed E-state index contributed by atoms with van der Waals surface area (Å²) in [6.07, 6.45) is -0.782. The molecule has 25 heavy (non-hydrogen) atoms. The fraction of sp³-hybridized carbons (Fsp3) is 0.438. The van der Waals surface area contributed by atoms with Crippen molar-refractivity contribution in [2.45, 2.75) is 26.0 Å². The number of hydrogen-bond donors (Lipinski definition) is 3. The topological polar surface area (TPSA) is 119 Å². The fourth-order valence-electron chi connectivity index (χ4n) is 2.42. The van der Waals surface area contributed by atoms with Gasteiger partial charge < -0.3 is 24.6 Å². The molecule has 2 aromatic rings. The Balaban J connectivity index is 1.78. The van der Waals surface area contributed by atoms with Crippen LogP contribution in [0.2, 0.25) is 0 Å². The number of ether oxygens (including phenoxy) is 3. The highest BCUT2D eigenvalue weighted by Crippen LogP contribution is 2.40. The predicted molar refractivity (Wildman–Crippen MR) is 86.9 cm³/mol. The number of aromatic nitrogens is 3. The van der Waals surface area contributed by atoms with E-state index in [4.69, 9.17) is 14.2 Å². The monoisotopic (exact) mass is 348 g/mol. The first-order valence-electron chi connectivity index (χ1n) is 7.88. The van der Waals surface area contributed by atoms with Crippen molar-refractivity contribution in [1.82, 2.24) is 20.5 Å². The number of rotatable bonds is 5. The Morgan fingerprint density at radius 3 is 2.80 bits per heavy atom. The van der Waals surface area contributed by atoms with Gasteiger partial charge in [0.15, 0.2) is 17.3 Å². The number of methoxy groups -OCH3 is 1. The van der Waals surface area contributed by atoms with Crippen LogP contribution in [-0.4, -0.2) is 46.5 Å². The van der Waals surface area contributed by atoms with Crippen LogP contribution in [0, 0.1) is 0 Å². The maximum atomic E-state index is 12.5. The van der Waals surface area contributed by atoms with E-state index in [9.17, 15) is 9.90 Å². The number of H-pyrrole nitrogens is 1. The summed E-state index contributed by atoms with van der Waals surface area (Å²) < 4.78 is 16.3. The predicted octanol–water partition coefficient (Wildman–Crippen LogP) is 1.13. The molecule has 134 valence electrons. The normalized spacial score (nSPS) is 15.4. The van der Waals surface area contributed by atoms with Crippen LogP contribution in [0.25, 0.3) is 0 Å². The molecule has 0 saturated carbocycles. The van der Waals surface area contributed by atoms with E-state index in [0.717, 1.165) is 0 Å². The average molecular weight is 348 g/mol. The highest BCUT2D eigenvalue weighted by atomic mass is 16.6. The standard InChI is InChI=1S/C16H20N4O5/c1-8(14-18-15(9(2)21)20-19-14)17-16(22)10-6-11(23-3)13-12(7-10)24-4-5-25-13/h6-9,21H,4-5H2,1-3H3,(H,17,22)(H,18,19,20). The molecule has 2 unspecified atom stereocenters. The molecule has 0 aliphatic carbocycles. The van der Waals surface area contributed by atoms with E-state index >= 15 is 0 Å². The number of benzene rings is 1. The molecule has 0 bridgehead atoms. The van der Waals surface area contributed by atoms with Gasteiger partial charge >= 0.3 is 0 Å². The number of aromatic amines is 1. The van der Waals surface area contributed by atoms with Crippen molar-refractivity contribution in [2.75, 3.05) is 20.3 Å². The zero-order valence-corrected chi connectivity index (χ0v) is 14.2.